The molecule has 0 atom stereocenters. The second-order valence-electron chi connectivity index (χ2n) is 5.58. The van der Waals surface area contributed by atoms with Gasteiger partial charge in [-0.25, -0.2) is 4.98 Å². The van der Waals surface area contributed by atoms with Gasteiger partial charge in [0.15, 0.2) is 4.96 Å². The summed E-state index contributed by atoms with van der Waals surface area (Å²) in [5, 5.41) is 4.92. The molecule has 6 heteroatoms. The number of para-hydroxylation sites is 1. The first-order chi connectivity index (χ1) is 12.2. The molecule has 0 spiro atoms. The maximum Gasteiger partial charge on any atom is 0.230 e. The Morgan fingerprint density at radius 1 is 1.12 bits per heavy atom. The Morgan fingerprint density at radius 3 is 2.68 bits per heavy atom. The highest BCUT2D eigenvalue weighted by Crippen LogP contribution is 2.25. The molecule has 1 amide bonds. The maximum absolute atomic E-state index is 12.4. The zero-order valence-corrected chi connectivity index (χ0v) is 15.5. The summed E-state index contributed by atoms with van der Waals surface area (Å²) >= 11 is 4.99. The van der Waals surface area contributed by atoms with Crippen LogP contribution in [0.2, 0.25) is 0 Å². The van der Waals surface area contributed by atoms with Crippen LogP contribution in [0.1, 0.15) is 5.69 Å². The number of hydrogen-bond donors (Lipinski definition) is 1. The highest BCUT2D eigenvalue weighted by Gasteiger charge is 2.13. The molecule has 2 heterocycles. The summed E-state index contributed by atoms with van der Waals surface area (Å²) in [7, 11) is 0. The van der Waals surface area contributed by atoms with Crippen LogP contribution < -0.4 is 5.32 Å². The Kier molecular flexibility index (Phi) is 4.38. The highest BCUT2D eigenvalue weighted by molar-refractivity contribution is 9.10. The predicted octanol–water partition coefficient (Wildman–Crippen LogP) is 5.01. The van der Waals surface area contributed by atoms with Crippen LogP contribution in [-0.2, 0) is 11.2 Å². The summed E-state index contributed by atoms with van der Waals surface area (Å²) in [6.45, 7) is 0. The van der Waals surface area contributed by atoms with E-state index < -0.39 is 0 Å². The van der Waals surface area contributed by atoms with Crippen molar-refractivity contribution >= 4 is 43.8 Å². The standard InChI is InChI=1S/C19H14BrN3OS/c20-15-8-4-5-9-16(15)21-18(24)10-14-12-25-19-22-17(11-23(14)19)13-6-2-1-3-7-13/h1-9,11-12H,10H2,(H,21,24). The van der Waals surface area contributed by atoms with Gasteiger partial charge in [-0.15, -0.1) is 11.3 Å². The molecule has 0 fully saturated rings. The third kappa shape index (κ3) is 3.36. The minimum Gasteiger partial charge on any atom is -0.325 e. The van der Waals surface area contributed by atoms with Crippen LogP contribution in [-0.4, -0.2) is 15.3 Å². The lowest BCUT2D eigenvalue weighted by Gasteiger charge is -2.06. The molecule has 124 valence electrons. The minimum absolute atomic E-state index is 0.0541. The molecule has 4 rings (SSSR count). The summed E-state index contributed by atoms with van der Waals surface area (Å²) in [5.74, 6) is -0.0541. The summed E-state index contributed by atoms with van der Waals surface area (Å²) < 4.78 is 2.86. The van der Waals surface area contributed by atoms with Gasteiger partial charge >= 0.3 is 0 Å². The van der Waals surface area contributed by atoms with Gasteiger partial charge in [0.1, 0.15) is 0 Å². The van der Waals surface area contributed by atoms with Gasteiger partial charge in [-0.05, 0) is 28.1 Å². The number of nitrogens with zero attached hydrogens (tertiary/aromatic N) is 2. The van der Waals surface area contributed by atoms with Crippen LogP contribution in [0.5, 0.6) is 0 Å². The van der Waals surface area contributed by atoms with Gasteiger partial charge in [0, 0.05) is 27.3 Å². The van der Waals surface area contributed by atoms with Crippen molar-refractivity contribution < 1.29 is 4.79 Å². The van der Waals surface area contributed by atoms with E-state index in [1.54, 1.807) is 11.3 Å². The van der Waals surface area contributed by atoms with Crippen molar-refractivity contribution in [3.05, 3.63) is 76.3 Å². The number of carbonyl (C=O) groups is 1. The smallest absolute Gasteiger partial charge is 0.230 e. The number of benzene rings is 2. The summed E-state index contributed by atoms with van der Waals surface area (Å²) in [4.78, 5) is 17.9. The molecular weight excluding hydrogens is 398 g/mol. The first kappa shape index (κ1) is 16.1. The fourth-order valence-corrected chi connectivity index (χ4v) is 3.88. The molecule has 0 unspecified atom stereocenters. The van der Waals surface area contributed by atoms with E-state index in [4.69, 9.17) is 0 Å². The second-order valence-corrected chi connectivity index (χ2v) is 7.27. The number of aromatic nitrogens is 2. The van der Waals surface area contributed by atoms with E-state index in [-0.39, 0.29) is 5.91 Å². The van der Waals surface area contributed by atoms with Crippen molar-refractivity contribution in [1.82, 2.24) is 9.38 Å². The molecule has 2 aromatic carbocycles. The lowest BCUT2D eigenvalue weighted by molar-refractivity contribution is -0.115. The van der Waals surface area contributed by atoms with Gasteiger partial charge in [0.25, 0.3) is 0 Å². The first-order valence-electron chi connectivity index (χ1n) is 7.76. The molecule has 2 aromatic heterocycles. The van der Waals surface area contributed by atoms with E-state index >= 15 is 0 Å². The normalized spacial score (nSPS) is 10.9. The van der Waals surface area contributed by atoms with Gasteiger partial charge in [-0.3, -0.25) is 9.20 Å². The highest BCUT2D eigenvalue weighted by atomic mass is 79.9. The van der Waals surface area contributed by atoms with Crippen molar-refractivity contribution in [1.29, 1.82) is 0 Å². The number of fused-ring (bicyclic) bond motifs is 1. The topological polar surface area (TPSA) is 46.4 Å². The fourth-order valence-electron chi connectivity index (χ4n) is 2.63. The predicted molar refractivity (Wildman–Crippen MR) is 105 cm³/mol. The van der Waals surface area contributed by atoms with E-state index in [0.717, 1.165) is 32.1 Å². The van der Waals surface area contributed by atoms with Gasteiger partial charge in [-0.1, -0.05) is 42.5 Å². The molecule has 4 aromatic rings. The molecule has 0 aliphatic rings. The number of hydrogen-bond acceptors (Lipinski definition) is 3. The third-order valence-electron chi connectivity index (χ3n) is 3.84. The van der Waals surface area contributed by atoms with Crippen molar-refractivity contribution in [3.63, 3.8) is 0 Å². The van der Waals surface area contributed by atoms with Crippen LogP contribution >= 0.6 is 27.3 Å². The van der Waals surface area contributed by atoms with Gasteiger partial charge in [0.2, 0.25) is 5.91 Å². The fraction of sp³-hybridized carbons (Fsp3) is 0.0526. The number of halogens is 1. The van der Waals surface area contributed by atoms with E-state index in [0.29, 0.717) is 6.42 Å². The van der Waals surface area contributed by atoms with Crippen molar-refractivity contribution in [3.8, 4) is 11.3 Å². The number of nitrogens with one attached hydrogen (secondary N) is 1. The lowest BCUT2D eigenvalue weighted by atomic mass is 10.2. The van der Waals surface area contributed by atoms with Gasteiger partial charge in [-0.2, -0.15) is 0 Å². The Morgan fingerprint density at radius 2 is 1.88 bits per heavy atom. The Labute approximate surface area is 157 Å². The second kappa shape index (κ2) is 6.82. The number of anilines is 1. The number of carbonyl (C=O) groups excluding carboxylic acids is 1. The summed E-state index contributed by atoms with van der Waals surface area (Å²) in [5.41, 5.74) is 3.69. The molecule has 0 aliphatic heterocycles. The SMILES string of the molecule is O=C(Cc1csc2nc(-c3ccccc3)cn12)Nc1ccccc1Br. The summed E-state index contributed by atoms with van der Waals surface area (Å²) in [6.07, 6.45) is 2.29. The number of imidazole rings is 1. The lowest BCUT2D eigenvalue weighted by Crippen LogP contribution is -2.15. The van der Waals surface area contributed by atoms with Crippen molar-refractivity contribution in [2.24, 2.45) is 0 Å². The number of amides is 1. The Bertz CT molecular complexity index is 1040. The molecule has 0 bridgehead atoms. The van der Waals surface area contributed by atoms with E-state index in [1.807, 2.05) is 70.6 Å². The quantitative estimate of drug-likeness (QED) is 0.513. The molecule has 0 saturated carbocycles. The van der Waals surface area contributed by atoms with Crippen LogP contribution in [0, 0.1) is 0 Å². The van der Waals surface area contributed by atoms with E-state index in [9.17, 15) is 4.79 Å². The largest absolute Gasteiger partial charge is 0.325 e. The maximum atomic E-state index is 12.4. The average molecular weight is 412 g/mol. The van der Waals surface area contributed by atoms with E-state index in [1.165, 1.54) is 0 Å². The molecule has 0 aliphatic carbocycles. The molecule has 25 heavy (non-hydrogen) atoms. The average Bonchev–Trinajstić information content (AvgIpc) is 3.20. The Balaban J connectivity index is 1.56. The molecule has 0 saturated heterocycles. The van der Waals surface area contributed by atoms with Crippen LogP contribution in [0.25, 0.3) is 16.2 Å². The zero-order chi connectivity index (χ0) is 17.2. The van der Waals surface area contributed by atoms with E-state index in [2.05, 4.69) is 26.2 Å². The van der Waals surface area contributed by atoms with Crippen molar-refractivity contribution in [2.75, 3.05) is 5.32 Å². The number of rotatable bonds is 4. The Hall–Kier alpha value is -2.44. The first-order valence-corrected chi connectivity index (χ1v) is 9.43. The molecular formula is C19H14BrN3OS. The summed E-state index contributed by atoms with van der Waals surface area (Å²) in [6, 6.07) is 17.6. The van der Waals surface area contributed by atoms with Crippen LogP contribution in [0.4, 0.5) is 5.69 Å². The zero-order valence-electron chi connectivity index (χ0n) is 13.1. The van der Waals surface area contributed by atoms with Crippen molar-refractivity contribution in [2.45, 2.75) is 6.42 Å². The van der Waals surface area contributed by atoms with Crippen LogP contribution in [0.15, 0.2) is 70.6 Å². The number of thiazole rings is 1. The molecule has 4 nitrogen and oxygen atoms in total. The minimum atomic E-state index is -0.0541. The van der Waals surface area contributed by atoms with Crippen LogP contribution in [0.3, 0.4) is 0 Å². The van der Waals surface area contributed by atoms with Gasteiger partial charge < -0.3 is 5.32 Å². The monoisotopic (exact) mass is 411 g/mol. The third-order valence-corrected chi connectivity index (χ3v) is 5.42. The molecule has 1 N–H and O–H groups in total. The molecule has 0 radical (unpaired) electrons. The van der Waals surface area contributed by atoms with Gasteiger partial charge in [0.05, 0.1) is 17.8 Å².